The van der Waals surface area contributed by atoms with Gasteiger partial charge in [-0.25, -0.2) is 0 Å². The summed E-state index contributed by atoms with van der Waals surface area (Å²) >= 11 is -0.680. The van der Waals surface area contributed by atoms with E-state index in [4.69, 9.17) is 0 Å². The molecule has 0 bridgehead atoms. The average molecular weight is 642 g/mol. The van der Waals surface area contributed by atoms with Gasteiger partial charge in [-0.15, -0.1) is 0 Å². The van der Waals surface area contributed by atoms with E-state index >= 15 is 0 Å². The molecule has 2 heterocycles. The number of aromatic nitrogens is 1. The van der Waals surface area contributed by atoms with Gasteiger partial charge in [0.2, 0.25) is 0 Å². The van der Waals surface area contributed by atoms with E-state index in [-0.39, 0.29) is 35.3 Å². The summed E-state index contributed by atoms with van der Waals surface area (Å²) in [6, 6.07) is 5.00. The summed E-state index contributed by atoms with van der Waals surface area (Å²) < 4.78 is 17.1. The van der Waals surface area contributed by atoms with Gasteiger partial charge >= 0.3 is 231 Å². The molecule has 2 aliphatic rings. The number of hydrogen-bond donors (Lipinski definition) is 1. The van der Waals surface area contributed by atoms with Gasteiger partial charge in [0.15, 0.2) is 0 Å². The summed E-state index contributed by atoms with van der Waals surface area (Å²) in [5, 5.41) is 4.94. The third-order valence-electron chi connectivity index (χ3n) is 7.11. The first kappa shape index (κ1) is 28.1. The number of nitrogens with one attached hydrogen (secondary N) is 1. The van der Waals surface area contributed by atoms with Crippen molar-refractivity contribution in [3.05, 3.63) is 49.7 Å². The van der Waals surface area contributed by atoms with Crippen molar-refractivity contribution >= 4 is 49.0 Å². The Bertz CT molecular complexity index is 1100. The Balaban J connectivity index is 1.52. The van der Waals surface area contributed by atoms with Crippen LogP contribution in [0.5, 0.6) is 0 Å². The fraction of sp³-hybridized carbons (Fsp3) is 0.571. The number of halogens is 2. The summed E-state index contributed by atoms with van der Waals surface area (Å²) in [7, 11) is 0. The first-order valence-corrected chi connectivity index (χ1v) is 17.7. The van der Waals surface area contributed by atoms with Gasteiger partial charge in [0.05, 0.1) is 0 Å². The molecule has 9 heteroatoms. The number of rotatable bonds is 9. The van der Waals surface area contributed by atoms with Crippen molar-refractivity contribution in [3.63, 3.8) is 0 Å². The number of ketones is 1. The second kappa shape index (κ2) is 12.8. The number of hydrogen-bond acceptors (Lipinski definition) is 5. The van der Waals surface area contributed by atoms with Crippen molar-refractivity contribution in [2.75, 3.05) is 11.0 Å². The Hall–Kier alpha value is -1.88. The molecule has 2 atom stereocenters. The molecule has 2 amide bonds. The van der Waals surface area contributed by atoms with Crippen molar-refractivity contribution in [2.24, 2.45) is 17.8 Å². The zero-order chi connectivity index (χ0) is 26.5. The number of carbonyl (C=O) groups excluding carboxylic acids is 3. The molecule has 2 aromatic rings. The molecule has 1 aromatic heterocycles. The third-order valence-corrected chi connectivity index (χ3v) is 15.2. The van der Waals surface area contributed by atoms with Crippen molar-refractivity contribution in [2.45, 2.75) is 71.8 Å². The maximum atomic E-state index is 14.0. The van der Waals surface area contributed by atoms with Crippen molar-refractivity contribution in [1.82, 2.24) is 13.4 Å². The Morgan fingerprint density at radius 1 is 1.11 bits per heavy atom. The molecule has 2 fully saturated rings. The predicted octanol–water partition coefficient (Wildman–Crippen LogP) is 6.08. The van der Waals surface area contributed by atoms with E-state index in [1.54, 1.807) is 5.38 Å². The van der Waals surface area contributed by atoms with Crippen LogP contribution in [0.2, 0.25) is 0 Å². The van der Waals surface area contributed by atoms with Gasteiger partial charge in [-0.1, -0.05) is 0 Å². The molecule has 1 aliphatic carbocycles. The number of alkyl halides is 1. The van der Waals surface area contributed by atoms with Crippen LogP contribution in [0.15, 0.2) is 29.6 Å². The second-order valence-corrected chi connectivity index (χ2v) is 17.3. The third kappa shape index (κ3) is 6.96. The molecule has 1 saturated carbocycles. The number of nitrogens with zero attached hydrogens (tertiary/aromatic N) is 2. The molecule has 1 aromatic carbocycles. The molecular weight excluding hydrogens is 604 g/mol. The van der Waals surface area contributed by atoms with E-state index in [2.05, 4.69) is 24.1 Å². The minimum absolute atomic E-state index is 0.0291. The summed E-state index contributed by atoms with van der Waals surface area (Å²) in [5.74, 6) is -0.158. The van der Waals surface area contributed by atoms with Crippen LogP contribution in [0.1, 0.15) is 81.8 Å². The molecule has 1 N–H and O–H groups in total. The van der Waals surface area contributed by atoms with Gasteiger partial charge in [0.1, 0.15) is 0 Å². The Kier molecular flexibility index (Phi) is 9.72. The SMILES string of the molecule is CC(C)C[C@H](C)C(=O)N[C@H](C(=O)N1CCCI1c1nc(C(=O)c2ccc(F)cc2)cs1)C1CCCCC1. The van der Waals surface area contributed by atoms with E-state index in [1.165, 1.54) is 42.0 Å². The molecule has 0 unspecified atom stereocenters. The van der Waals surface area contributed by atoms with Crippen LogP contribution < -0.4 is 5.32 Å². The zero-order valence-electron chi connectivity index (χ0n) is 21.8. The van der Waals surface area contributed by atoms with E-state index in [0.29, 0.717) is 23.7 Å². The summed E-state index contributed by atoms with van der Waals surface area (Å²) in [6.45, 7) is 6.85. The normalized spacial score (nSPS) is 19.2. The van der Waals surface area contributed by atoms with Gasteiger partial charge in [-0.2, -0.15) is 0 Å². The van der Waals surface area contributed by atoms with Crippen molar-refractivity contribution in [1.29, 1.82) is 0 Å². The number of amides is 2. The van der Waals surface area contributed by atoms with Crippen LogP contribution in [0.25, 0.3) is 0 Å². The number of thiazole rings is 1. The van der Waals surface area contributed by atoms with Gasteiger partial charge in [0.25, 0.3) is 0 Å². The molecule has 6 nitrogen and oxygen atoms in total. The van der Waals surface area contributed by atoms with Gasteiger partial charge in [-0.3, -0.25) is 0 Å². The van der Waals surface area contributed by atoms with Crippen LogP contribution >= 0.6 is 31.4 Å². The molecule has 202 valence electrons. The van der Waals surface area contributed by atoms with Gasteiger partial charge < -0.3 is 0 Å². The van der Waals surface area contributed by atoms with Crippen LogP contribution in [0, 0.1) is 26.6 Å². The molecule has 1 saturated heterocycles. The Morgan fingerprint density at radius 3 is 2.49 bits per heavy atom. The number of carbonyl (C=O) groups is 3. The van der Waals surface area contributed by atoms with Crippen molar-refractivity contribution < 1.29 is 18.8 Å². The molecule has 37 heavy (non-hydrogen) atoms. The second-order valence-electron chi connectivity index (χ2n) is 10.5. The molecular formula is C28H37FIN3O3S. The molecule has 0 radical (unpaired) electrons. The van der Waals surface area contributed by atoms with Crippen molar-refractivity contribution in [3.8, 4) is 0 Å². The molecule has 4 rings (SSSR count). The van der Waals surface area contributed by atoms with Crippen LogP contribution in [0.3, 0.4) is 0 Å². The minimum atomic E-state index is -2.13. The fourth-order valence-electron chi connectivity index (χ4n) is 5.22. The predicted molar refractivity (Wildman–Crippen MR) is 153 cm³/mol. The van der Waals surface area contributed by atoms with E-state index in [0.717, 1.165) is 46.0 Å². The van der Waals surface area contributed by atoms with E-state index in [1.807, 2.05) is 10.0 Å². The monoisotopic (exact) mass is 641 g/mol. The zero-order valence-corrected chi connectivity index (χ0v) is 24.8. The van der Waals surface area contributed by atoms with E-state index < -0.39 is 26.1 Å². The van der Waals surface area contributed by atoms with Gasteiger partial charge in [0, 0.05) is 0 Å². The van der Waals surface area contributed by atoms with E-state index in [9.17, 15) is 18.8 Å². The van der Waals surface area contributed by atoms with Crippen LogP contribution in [0.4, 0.5) is 4.39 Å². The molecule has 1 aliphatic heterocycles. The Labute approximate surface area is 230 Å². The maximum absolute atomic E-state index is 14.0. The topological polar surface area (TPSA) is 79.4 Å². The number of benzene rings is 1. The average Bonchev–Trinajstić information content (AvgIpc) is 3.57. The quantitative estimate of drug-likeness (QED) is 0.156. The summed E-state index contributed by atoms with van der Waals surface area (Å²) in [6.07, 6.45) is 7.01. The first-order chi connectivity index (χ1) is 17.7. The van der Waals surface area contributed by atoms with Crippen LogP contribution in [-0.4, -0.2) is 42.7 Å². The fourth-order valence-corrected chi connectivity index (χ4v) is 13.1. The molecule has 0 spiro atoms. The van der Waals surface area contributed by atoms with Gasteiger partial charge in [-0.05, 0) is 0 Å². The Morgan fingerprint density at radius 2 is 1.81 bits per heavy atom. The standard InChI is InChI=1S/C28H37FIN3O3S/c1-18(2)16-19(3)26(35)32-24(20-8-5-4-6-9-20)27(36)33-15-7-14-30(33)28-31-23(17-37-28)25(34)21-10-12-22(29)13-11-21/h10-13,17-20,24H,4-9,14-16H2,1-3H3,(H,32,35)/t19-,24-/m0/s1. The first-order valence-electron chi connectivity index (χ1n) is 13.3. The van der Waals surface area contributed by atoms with Crippen LogP contribution in [-0.2, 0) is 9.59 Å². The summed E-state index contributed by atoms with van der Waals surface area (Å²) in [5.41, 5.74) is 0.750. The summed E-state index contributed by atoms with van der Waals surface area (Å²) in [4.78, 5) is 44.7.